The summed E-state index contributed by atoms with van der Waals surface area (Å²) in [6, 6.07) is 9.22. The van der Waals surface area contributed by atoms with Gasteiger partial charge in [0.2, 0.25) is 5.91 Å². The average Bonchev–Trinajstić information content (AvgIpc) is 3.21. The van der Waals surface area contributed by atoms with E-state index in [4.69, 9.17) is 9.52 Å². The molecule has 2 aliphatic carbocycles. The standard InChI is InChI=1S/C23H32N2O3/c26-15-23(27)24-20-9-7-17(8-10-20)11-13-25-12-2-1-5-21(25)19-14-18-4-3-6-22(18)28-16-19/h3-4,6,14,16-17,20-21,26H,1-2,5,7-13,15H2,(H,24,27)/t17-,20-,21?. The molecule has 5 nitrogen and oxygen atoms in total. The molecular weight excluding hydrogens is 352 g/mol. The van der Waals surface area contributed by atoms with Gasteiger partial charge in [0.15, 0.2) is 0 Å². The van der Waals surface area contributed by atoms with Gasteiger partial charge in [-0.1, -0.05) is 18.6 Å². The van der Waals surface area contributed by atoms with Crippen LogP contribution in [0.25, 0.3) is 11.3 Å². The van der Waals surface area contributed by atoms with Crippen molar-refractivity contribution >= 4 is 5.91 Å². The number of nitrogens with zero attached hydrogens (tertiary/aromatic N) is 1. The lowest BCUT2D eigenvalue weighted by atomic mass is 9.83. The van der Waals surface area contributed by atoms with Crippen molar-refractivity contribution in [3.63, 3.8) is 0 Å². The first-order valence-electron chi connectivity index (χ1n) is 10.8. The minimum Gasteiger partial charge on any atom is -0.464 e. The van der Waals surface area contributed by atoms with Crippen molar-refractivity contribution in [2.24, 2.45) is 5.92 Å². The number of aliphatic hydroxyl groups is 1. The van der Waals surface area contributed by atoms with E-state index in [2.05, 4.69) is 28.4 Å². The number of amides is 1. The summed E-state index contributed by atoms with van der Waals surface area (Å²) in [5.41, 5.74) is 2.51. The third-order valence-electron chi connectivity index (χ3n) is 6.63. The van der Waals surface area contributed by atoms with E-state index in [0.29, 0.717) is 6.04 Å². The molecule has 1 saturated heterocycles. The molecule has 1 unspecified atom stereocenters. The molecular formula is C23H32N2O3. The molecule has 28 heavy (non-hydrogen) atoms. The number of aliphatic hydroxyl groups excluding tert-OH is 1. The van der Waals surface area contributed by atoms with Gasteiger partial charge in [0.05, 0.1) is 6.26 Å². The molecule has 2 fully saturated rings. The molecule has 2 aliphatic heterocycles. The van der Waals surface area contributed by atoms with Crippen LogP contribution in [0.5, 0.6) is 0 Å². The molecule has 0 aromatic heterocycles. The molecule has 2 N–H and O–H groups in total. The van der Waals surface area contributed by atoms with Crippen LogP contribution in [0.3, 0.4) is 0 Å². The maximum Gasteiger partial charge on any atom is 0.245 e. The molecule has 0 spiro atoms. The molecule has 0 aromatic carbocycles. The van der Waals surface area contributed by atoms with Gasteiger partial charge in [0, 0.05) is 23.2 Å². The number of piperidine rings is 1. The van der Waals surface area contributed by atoms with E-state index < -0.39 is 6.61 Å². The maximum absolute atomic E-state index is 11.4. The fraction of sp³-hybridized carbons (Fsp3) is 0.609. The normalized spacial score (nSPS) is 26.4. The predicted molar refractivity (Wildman–Crippen MR) is 109 cm³/mol. The predicted octanol–water partition coefficient (Wildman–Crippen LogP) is 3.97. The Hall–Kier alpha value is -1.85. The molecule has 0 bridgehead atoms. The molecule has 5 heteroatoms. The number of nitrogens with one attached hydrogen (secondary N) is 1. The van der Waals surface area contributed by atoms with E-state index in [-0.39, 0.29) is 11.9 Å². The quantitative estimate of drug-likeness (QED) is 0.791. The number of fused-ring (bicyclic) bond motifs is 1. The highest BCUT2D eigenvalue weighted by molar-refractivity contribution is 5.77. The van der Waals surface area contributed by atoms with Crippen molar-refractivity contribution < 1.29 is 14.3 Å². The fourth-order valence-corrected chi connectivity index (χ4v) is 5.02. The zero-order valence-electron chi connectivity index (χ0n) is 16.6. The lowest BCUT2D eigenvalue weighted by molar-refractivity contribution is -0.124. The topological polar surface area (TPSA) is 65.7 Å². The Bertz CT molecular complexity index is 735. The van der Waals surface area contributed by atoms with E-state index in [1.54, 1.807) is 0 Å². The molecule has 152 valence electrons. The highest BCUT2D eigenvalue weighted by Gasteiger charge is 2.27. The Morgan fingerprint density at radius 1 is 1.18 bits per heavy atom. The number of rotatable bonds is 6. The second-order valence-electron chi connectivity index (χ2n) is 8.50. The summed E-state index contributed by atoms with van der Waals surface area (Å²) < 4.78 is 5.85. The van der Waals surface area contributed by atoms with E-state index >= 15 is 0 Å². The molecule has 1 saturated carbocycles. The SMILES string of the molecule is O=C(CO)N[C@H]1CC[C@H](CCN2CCCCC2c2coc3cccc-3c2)CC1. The summed E-state index contributed by atoms with van der Waals surface area (Å²) in [5, 5.41) is 11.8. The molecule has 2 heterocycles. The van der Waals surface area contributed by atoms with E-state index in [1.807, 2.05) is 12.3 Å². The van der Waals surface area contributed by atoms with Gasteiger partial charge in [-0.05, 0) is 76.1 Å². The summed E-state index contributed by atoms with van der Waals surface area (Å²) in [7, 11) is 0. The van der Waals surface area contributed by atoms with Gasteiger partial charge in [-0.25, -0.2) is 0 Å². The highest BCUT2D eigenvalue weighted by Crippen LogP contribution is 2.36. The minimum absolute atomic E-state index is 0.244. The second-order valence-corrected chi connectivity index (χ2v) is 8.50. The van der Waals surface area contributed by atoms with Crippen LogP contribution >= 0.6 is 0 Å². The van der Waals surface area contributed by atoms with Gasteiger partial charge >= 0.3 is 0 Å². The smallest absolute Gasteiger partial charge is 0.245 e. The Morgan fingerprint density at radius 3 is 2.86 bits per heavy atom. The number of hydrogen-bond donors (Lipinski definition) is 2. The summed E-state index contributed by atoms with van der Waals surface area (Å²) in [6.07, 6.45) is 11.4. The van der Waals surface area contributed by atoms with Crippen molar-refractivity contribution in [3.8, 4) is 11.3 Å². The lowest BCUT2D eigenvalue weighted by Gasteiger charge is -2.37. The van der Waals surface area contributed by atoms with Crippen molar-refractivity contribution in [2.45, 2.75) is 63.5 Å². The zero-order valence-corrected chi connectivity index (χ0v) is 16.6. The third kappa shape index (κ3) is 4.58. The lowest BCUT2D eigenvalue weighted by Crippen LogP contribution is -2.40. The Labute approximate surface area is 167 Å². The van der Waals surface area contributed by atoms with Crippen molar-refractivity contribution in [3.05, 3.63) is 36.1 Å². The van der Waals surface area contributed by atoms with Gasteiger partial charge in [0.1, 0.15) is 12.4 Å². The first-order valence-corrected chi connectivity index (χ1v) is 10.8. The number of hydrogen-bond acceptors (Lipinski definition) is 4. The van der Waals surface area contributed by atoms with Crippen LogP contribution in [0.1, 0.15) is 63.0 Å². The molecule has 1 atom stereocenters. The second kappa shape index (κ2) is 9.10. The average molecular weight is 385 g/mol. The van der Waals surface area contributed by atoms with Gasteiger partial charge in [-0.2, -0.15) is 0 Å². The maximum atomic E-state index is 11.4. The first-order chi connectivity index (χ1) is 13.7. The summed E-state index contributed by atoms with van der Waals surface area (Å²) in [4.78, 5) is 14.0. The molecule has 1 amide bonds. The molecule has 0 radical (unpaired) electrons. The highest BCUT2D eigenvalue weighted by atomic mass is 16.3. The Balaban J connectivity index is 1.31. The summed E-state index contributed by atoms with van der Waals surface area (Å²) in [6.45, 7) is 1.91. The Morgan fingerprint density at radius 2 is 2.04 bits per heavy atom. The number of carbonyl (C=O) groups excluding carboxylic acids is 1. The molecule has 4 aliphatic rings. The van der Waals surface area contributed by atoms with Crippen LogP contribution in [-0.4, -0.2) is 41.7 Å². The molecule has 4 rings (SSSR count). The summed E-state index contributed by atoms with van der Waals surface area (Å²) >= 11 is 0. The van der Waals surface area contributed by atoms with Crippen molar-refractivity contribution in [1.29, 1.82) is 0 Å². The van der Waals surface area contributed by atoms with E-state index in [1.165, 1.54) is 56.2 Å². The van der Waals surface area contributed by atoms with Crippen LogP contribution in [0.15, 0.2) is 34.9 Å². The first kappa shape index (κ1) is 19.5. The van der Waals surface area contributed by atoms with Crippen LogP contribution in [0.2, 0.25) is 0 Å². The zero-order chi connectivity index (χ0) is 19.3. The Kier molecular flexibility index (Phi) is 6.33. The van der Waals surface area contributed by atoms with Crippen molar-refractivity contribution in [1.82, 2.24) is 10.2 Å². The van der Waals surface area contributed by atoms with Gasteiger partial charge < -0.3 is 14.8 Å². The van der Waals surface area contributed by atoms with Gasteiger partial charge in [0.25, 0.3) is 0 Å². The minimum atomic E-state index is -0.404. The number of carbonyl (C=O) groups is 1. The van der Waals surface area contributed by atoms with Crippen molar-refractivity contribution in [2.75, 3.05) is 19.7 Å². The van der Waals surface area contributed by atoms with E-state index in [9.17, 15) is 4.79 Å². The van der Waals surface area contributed by atoms with Gasteiger partial charge in [-0.15, -0.1) is 0 Å². The fourth-order valence-electron chi connectivity index (χ4n) is 5.02. The van der Waals surface area contributed by atoms with Gasteiger partial charge in [-0.3, -0.25) is 9.69 Å². The van der Waals surface area contributed by atoms with E-state index in [0.717, 1.165) is 31.1 Å². The molecule has 0 aromatic rings. The third-order valence-corrected chi connectivity index (χ3v) is 6.63. The monoisotopic (exact) mass is 384 g/mol. The largest absolute Gasteiger partial charge is 0.464 e. The van der Waals surface area contributed by atoms with Crippen LogP contribution in [0.4, 0.5) is 0 Å². The van der Waals surface area contributed by atoms with Crippen LogP contribution < -0.4 is 5.32 Å². The van der Waals surface area contributed by atoms with Crippen LogP contribution in [0, 0.1) is 5.92 Å². The number of likely N-dealkylation sites (tertiary alicyclic amines) is 1. The van der Waals surface area contributed by atoms with Crippen LogP contribution in [-0.2, 0) is 4.79 Å². The summed E-state index contributed by atoms with van der Waals surface area (Å²) in [5.74, 6) is 1.47.